The maximum Gasteiger partial charge on any atom is 0.243 e. The molecule has 1 aliphatic carbocycles. The number of hydrogen-bond acceptors (Lipinski definition) is 4. The number of carbonyl (C=O) groups excluding carboxylic acids is 1. The summed E-state index contributed by atoms with van der Waals surface area (Å²) in [7, 11) is -1.52. The summed E-state index contributed by atoms with van der Waals surface area (Å²) in [5, 5.41) is 3.00. The van der Waals surface area contributed by atoms with Gasteiger partial charge in [0.05, 0.1) is 10.3 Å². The van der Waals surface area contributed by atoms with E-state index in [1.165, 1.54) is 4.31 Å². The zero-order valence-electron chi connectivity index (χ0n) is 17.0. The van der Waals surface area contributed by atoms with Crippen LogP contribution in [0, 0.1) is 0 Å². The highest BCUT2D eigenvalue weighted by Crippen LogP contribution is 2.45. The van der Waals surface area contributed by atoms with Gasteiger partial charge in [0.1, 0.15) is 0 Å². The predicted octanol–water partition coefficient (Wildman–Crippen LogP) is 3.45. The molecule has 1 amide bonds. The van der Waals surface area contributed by atoms with E-state index >= 15 is 0 Å². The van der Waals surface area contributed by atoms with Crippen molar-refractivity contribution in [1.82, 2.24) is 9.21 Å². The summed E-state index contributed by atoms with van der Waals surface area (Å²) < 4.78 is 28.3. The zero-order chi connectivity index (χ0) is 21.4. The van der Waals surface area contributed by atoms with E-state index in [-0.39, 0.29) is 10.8 Å². The second kappa shape index (κ2) is 8.42. The quantitative estimate of drug-likeness (QED) is 0.695. The van der Waals surface area contributed by atoms with Crippen molar-refractivity contribution in [1.29, 1.82) is 0 Å². The minimum Gasteiger partial charge on any atom is -0.325 e. The fourth-order valence-electron chi connectivity index (χ4n) is 4.08. The van der Waals surface area contributed by atoms with Crippen LogP contribution in [0.4, 0.5) is 5.69 Å². The van der Waals surface area contributed by atoms with Crippen molar-refractivity contribution in [3.8, 4) is 0 Å². The lowest BCUT2D eigenvalue weighted by Crippen LogP contribution is -2.47. The van der Waals surface area contributed by atoms with Crippen LogP contribution in [0.5, 0.6) is 0 Å². The van der Waals surface area contributed by atoms with Gasteiger partial charge in [-0.05, 0) is 61.9 Å². The number of sulfonamides is 1. The Morgan fingerprint density at radius 2 is 1.57 bits per heavy atom. The van der Waals surface area contributed by atoms with E-state index in [1.54, 1.807) is 24.3 Å². The van der Waals surface area contributed by atoms with Crippen molar-refractivity contribution in [2.75, 3.05) is 38.5 Å². The third-order valence-corrected chi connectivity index (χ3v) is 8.69. The van der Waals surface area contributed by atoms with Gasteiger partial charge in [0, 0.05) is 36.3 Å². The van der Waals surface area contributed by atoms with Crippen LogP contribution in [0.25, 0.3) is 0 Å². The first-order valence-corrected chi connectivity index (χ1v) is 12.4. The number of likely N-dealkylation sites (N-methyl/N-ethyl adjacent to an activating group) is 1. The number of amides is 1. The smallest absolute Gasteiger partial charge is 0.243 e. The Morgan fingerprint density at radius 1 is 0.967 bits per heavy atom. The van der Waals surface area contributed by atoms with E-state index in [0.717, 1.165) is 42.4 Å². The van der Waals surface area contributed by atoms with E-state index in [1.807, 2.05) is 31.3 Å². The SMILES string of the molecule is CN1CCN(S(=O)(=O)c2ccc(NC(=O)C3(c4ccc(Br)cc4)CCC3)cc2)CC1. The molecule has 2 aliphatic rings. The number of rotatable bonds is 5. The molecule has 160 valence electrons. The van der Waals surface area contributed by atoms with Crippen LogP contribution in [0.15, 0.2) is 57.9 Å². The van der Waals surface area contributed by atoms with Gasteiger partial charge in [-0.1, -0.05) is 34.5 Å². The van der Waals surface area contributed by atoms with E-state index in [2.05, 4.69) is 26.1 Å². The molecule has 1 heterocycles. The molecule has 30 heavy (non-hydrogen) atoms. The Kier molecular flexibility index (Phi) is 6.03. The summed E-state index contributed by atoms with van der Waals surface area (Å²) in [5.41, 5.74) is 1.12. The molecule has 1 aliphatic heterocycles. The second-order valence-corrected chi connectivity index (χ2v) is 11.0. The van der Waals surface area contributed by atoms with E-state index in [4.69, 9.17) is 0 Å². The monoisotopic (exact) mass is 491 g/mol. The Bertz CT molecular complexity index is 1010. The van der Waals surface area contributed by atoms with Gasteiger partial charge < -0.3 is 10.2 Å². The van der Waals surface area contributed by atoms with Crippen molar-refractivity contribution >= 4 is 37.5 Å². The number of piperazine rings is 1. The van der Waals surface area contributed by atoms with Crippen LogP contribution in [0.3, 0.4) is 0 Å². The summed E-state index contributed by atoms with van der Waals surface area (Å²) in [6.45, 7) is 2.44. The van der Waals surface area contributed by atoms with Gasteiger partial charge in [-0.3, -0.25) is 4.79 Å². The lowest BCUT2D eigenvalue weighted by molar-refractivity contribution is -0.124. The zero-order valence-corrected chi connectivity index (χ0v) is 19.4. The molecule has 8 heteroatoms. The highest BCUT2D eigenvalue weighted by Gasteiger charge is 2.45. The van der Waals surface area contributed by atoms with Crippen molar-refractivity contribution in [3.63, 3.8) is 0 Å². The van der Waals surface area contributed by atoms with Crippen molar-refractivity contribution in [3.05, 3.63) is 58.6 Å². The molecule has 0 radical (unpaired) electrons. The van der Waals surface area contributed by atoms with Gasteiger partial charge in [-0.15, -0.1) is 0 Å². The number of benzene rings is 2. The summed E-state index contributed by atoms with van der Waals surface area (Å²) in [5.74, 6) is -0.0363. The van der Waals surface area contributed by atoms with Crippen LogP contribution in [0.2, 0.25) is 0 Å². The molecule has 1 saturated carbocycles. The van der Waals surface area contributed by atoms with Crippen molar-refractivity contribution in [2.45, 2.75) is 29.6 Å². The summed E-state index contributed by atoms with van der Waals surface area (Å²) >= 11 is 3.44. The minimum absolute atomic E-state index is 0.0363. The van der Waals surface area contributed by atoms with Gasteiger partial charge >= 0.3 is 0 Å². The van der Waals surface area contributed by atoms with Crippen molar-refractivity contribution in [2.24, 2.45) is 0 Å². The predicted molar refractivity (Wildman–Crippen MR) is 121 cm³/mol. The largest absolute Gasteiger partial charge is 0.325 e. The van der Waals surface area contributed by atoms with Crippen molar-refractivity contribution < 1.29 is 13.2 Å². The van der Waals surface area contributed by atoms with E-state index in [9.17, 15) is 13.2 Å². The summed E-state index contributed by atoms with van der Waals surface area (Å²) in [6, 6.07) is 14.4. The average molecular weight is 492 g/mol. The van der Waals surface area contributed by atoms with Gasteiger partial charge in [0.25, 0.3) is 0 Å². The molecule has 0 spiro atoms. The van der Waals surface area contributed by atoms with Crippen LogP contribution in [-0.2, 0) is 20.2 Å². The van der Waals surface area contributed by atoms with Gasteiger partial charge in [-0.25, -0.2) is 8.42 Å². The molecule has 1 N–H and O–H groups in total. The molecule has 2 aromatic rings. The third kappa shape index (κ3) is 4.06. The molecule has 0 aromatic heterocycles. The van der Waals surface area contributed by atoms with E-state index < -0.39 is 15.4 Å². The highest BCUT2D eigenvalue weighted by atomic mass is 79.9. The highest BCUT2D eigenvalue weighted by molar-refractivity contribution is 9.10. The molecule has 0 atom stereocenters. The number of nitrogens with zero attached hydrogens (tertiary/aromatic N) is 2. The topological polar surface area (TPSA) is 69.7 Å². The second-order valence-electron chi connectivity index (χ2n) is 8.13. The van der Waals surface area contributed by atoms with Gasteiger partial charge in [0.2, 0.25) is 15.9 Å². The molecule has 4 rings (SSSR count). The van der Waals surface area contributed by atoms with Crippen LogP contribution in [-0.4, -0.2) is 56.8 Å². The van der Waals surface area contributed by atoms with Gasteiger partial charge in [-0.2, -0.15) is 4.31 Å². The molecule has 6 nitrogen and oxygen atoms in total. The minimum atomic E-state index is -3.51. The fourth-order valence-corrected chi connectivity index (χ4v) is 5.77. The number of halogens is 1. The molecule has 2 aromatic carbocycles. The summed E-state index contributed by atoms with van der Waals surface area (Å²) in [6.07, 6.45) is 2.65. The maximum absolute atomic E-state index is 13.1. The lowest BCUT2D eigenvalue weighted by Gasteiger charge is -2.40. The normalized spacial score (nSPS) is 19.8. The van der Waals surface area contributed by atoms with Crippen LogP contribution >= 0.6 is 15.9 Å². The molecule has 0 unspecified atom stereocenters. The van der Waals surface area contributed by atoms with Gasteiger partial charge in [0.15, 0.2) is 0 Å². The average Bonchev–Trinajstić information content (AvgIpc) is 2.69. The number of hydrogen-bond donors (Lipinski definition) is 1. The molecule has 0 bridgehead atoms. The maximum atomic E-state index is 13.1. The lowest BCUT2D eigenvalue weighted by atomic mass is 9.64. The number of anilines is 1. The Balaban J connectivity index is 1.48. The fraction of sp³-hybridized carbons (Fsp3) is 0.409. The van der Waals surface area contributed by atoms with Crippen LogP contribution < -0.4 is 5.32 Å². The first-order valence-electron chi connectivity index (χ1n) is 10.2. The molecule has 2 fully saturated rings. The molecular weight excluding hydrogens is 466 g/mol. The third-order valence-electron chi connectivity index (χ3n) is 6.25. The Morgan fingerprint density at radius 3 is 2.10 bits per heavy atom. The number of carbonyl (C=O) groups is 1. The van der Waals surface area contributed by atoms with Crippen LogP contribution in [0.1, 0.15) is 24.8 Å². The summed E-state index contributed by atoms with van der Waals surface area (Å²) in [4.78, 5) is 15.5. The molecule has 1 saturated heterocycles. The first-order chi connectivity index (χ1) is 14.3. The Labute approximate surface area is 186 Å². The number of nitrogens with one attached hydrogen (secondary N) is 1. The molecular formula is C22H26BrN3O3S. The Hall–Kier alpha value is -1.74. The first kappa shape index (κ1) is 21.5. The van der Waals surface area contributed by atoms with E-state index in [0.29, 0.717) is 18.8 Å². The standard InChI is InChI=1S/C22H26BrN3O3S/c1-25-13-15-26(16-14-25)30(28,29)20-9-7-19(8-10-20)24-21(27)22(11-2-12-22)17-3-5-18(23)6-4-17/h3-10H,2,11-16H2,1H3,(H,24,27).